The SMILES string of the molecule is CC(C)c1nc2c(n1C(C)C)C(=O)C(=O)c1ccccc1-2.CC(C)c1nc2c(n1CCO)C(=O)C(=O)c1ccccc1-2.CCc1nc2c(n1C)C(=O)C(=O)c1ccccc1-2.O=C1C(=O)c2[nH]c(C3CCCO3)nc2-c2ccccc21. The Hall–Kier alpha value is -9.00. The summed E-state index contributed by atoms with van der Waals surface area (Å²) in [5.41, 5.74) is 8.51. The van der Waals surface area contributed by atoms with Crippen molar-refractivity contribution in [2.45, 2.75) is 98.3 Å². The first-order valence-electron chi connectivity index (χ1n) is 26.7. The van der Waals surface area contributed by atoms with E-state index in [0.29, 0.717) is 97.2 Å². The Morgan fingerprint density at radius 2 is 0.963 bits per heavy atom. The van der Waals surface area contributed by atoms with Crippen LogP contribution in [0.5, 0.6) is 0 Å². The van der Waals surface area contributed by atoms with Gasteiger partial charge in [-0.25, -0.2) is 19.9 Å². The van der Waals surface area contributed by atoms with Gasteiger partial charge in [0.05, 0.1) is 6.61 Å². The molecule has 4 aromatic carbocycles. The second-order valence-corrected chi connectivity index (χ2v) is 20.8. The summed E-state index contributed by atoms with van der Waals surface area (Å²) in [6, 6.07) is 28.5. The fraction of sp³-hybridized carbons (Fsp3) is 0.290. The molecule has 8 aromatic rings. The largest absolute Gasteiger partial charge is 0.395 e. The van der Waals surface area contributed by atoms with E-state index in [4.69, 9.17) is 4.74 Å². The number of aliphatic hydroxyl groups is 1. The molecule has 1 aliphatic heterocycles. The predicted octanol–water partition coefficient (Wildman–Crippen LogP) is 10.0. The first-order valence-corrected chi connectivity index (χ1v) is 26.7. The lowest BCUT2D eigenvalue weighted by Crippen LogP contribution is -2.25. The highest BCUT2D eigenvalue weighted by atomic mass is 16.5. The Morgan fingerprint density at radius 1 is 0.537 bits per heavy atom. The normalized spacial score (nSPS) is 15.4. The molecule has 5 aliphatic rings. The van der Waals surface area contributed by atoms with Gasteiger partial charge in [-0.3, -0.25) is 38.4 Å². The molecule has 80 heavy (non-hydrogen) atoms. The second kappa shape index (κ2) is 21.7. The number of aliphatic hydroxyl groups excluding tert-OH is 1. The van der Waals surface area contributed by atoms with Crippen molar-refractivity contribution in [2.75, 3.05) is 13.2 Å². The van der Waals surface area contributed by atoms with Gasteiger partial charge in [-0.05, 0) is 26.7 Å². The maximum absolute atomic E-state index is 12.5. The molecule has 1 fully saturated rings. The topological polar surface area (TPSA) is 248 Å². The standard InChI is InChI=1S/C17H18N2O2.C16H16N2O3.C15H12N2O3.C14H12N2O2/c1-9(2)17-18-13-11-7-5-6-8-12(11)15(20)16(21)14(13)19(17)10(3)4;1-9(2)16-17-12-10-5-3-4-6-11(10)14(20)15(21)13(12)18(16)7-8-19;18-13-9-5-2-1-4-8(9)11-12(14(13)19)17-15(16-11)10-6-3-7-20-10;1-3-10-15-11-8-6-4-5-7-9(8)13(17)14(18)12(11)16(10)2/h5-10H,1-4H3;3-6,9,19H,7-8H2,1-2H3;1-2,4-5,10H,3,6-7H2,(H,16,17);4-7H,3H2,1-2H3. The van der Waals surface area contributed by atoms with Gasteiger partial charge >= 0.3 is 0 Å². The van der Waals surface area contributed by atoms with E-state index >= 15 is 0 Å². The minimum Gasteiger partial charge on any atom is -0.395 e. The Labute approximate surface area is 460 Å². The van der Waals surface area contributed by atoms with Crippen LogP contribution in [0.2, 0.25) is 0 Å². The molecule has 18 heteroatoms. The minimum absolute atomic E-state index is 0.0839. The summed E-state index contributed by atoms with van der Waals surface area (Å²) in [6.07, 6.45) is 2.50. The number of H-pyrrole nitrogens is 1. The van der Waals surface area contributed by atoms with Crippen LogP contribution in [0, 0.1) is 0 Å². The first kappa shape index (κ1) is 54.4. The number of hydrogen-bond donors (Lipinski definition) is 2. The zero-order chi connectivity index (χ0) is 57.0. The molecule has 4 aliphatic carbocycles. The molecule has 406 valence electrons. The average molecular weight is 1080 g/mol. The summed E-state index contributed by atoms with van der Waals surface area (Å²) in [5, 5.41) is 9.25. The summed E-state index contributed by atoms with van der Waals surface area (Å²) >= 11 is 0. The molecular weight excluding hydrogens is 1020 g/mol. The van der Waals surface area contributed by atoms with Crippen molar-refractivity contribution in [3.63, 3.8) is 0 Å². The van der Waals surface area contributed by atoms with E-state index in [0.717, 1.165) is 42.0 Å². The second-order valence-electron chi connectivity index (χ2n) is 20.8. The number of aromatic amines is 1. The van der Waals surface area contributed by atoms with Crippen molar-refractivity contribution in [1.82, 2.24) is 38.6 Å². The number of nitrogens with zero attached hydrogens (tertiary/aromatic N) is 7. The first-order chi connectivity index (χ1) is 38.4. The maximum Gasteiger partial charge on any atom is 0.252 e. The number of fused-ring (bicyclic) bond motifs is 12. The number of hydrogen-bond acceptors (Lipinski definition) is 14. The summed E-state index contributed by atoms with van der Waals surface area (Å²) in [5.74, 6) is -0.516. The van der Waals surface area contributed by atoms with Gasteiger partial charge in [-0.15, -0.1) is 0 Å². The number of rotatable bonds is 7. The number of Topliss-reactive ketones (excluding diaryl/α,β-unsaturated/α-hetero) is 8. The molecule has 18 nitrogen and oxygen atoms in total. The number of aromatic nitrogens is 8. The number of aryl methyl sites for hydroxylation is 1. The van der Waals surface area contributed by atoms with Gasteiger partial charge in [0, 0.05) is 89.0 Å². The van der Waals surface area contributed by atoms with Crippen LogP contribution in [0.25, 0.3) is 45.0 Å². The zero-order valence-electron chi connectivity index (χ0n) is 45.5. The predicted molar refractivity (Wildman–Crippen MR) is 296 cm³/mol. The molecule has 0 amide bonds. The number of imidazole rings is 4. The van der Waals surface area contributed by atoms with Gasteiger partial charge in [-0.2, -0.15) is 0 Å². The van der Waals surface area contributed by atoms with Gasteiger partial charge in [0.15, 0.2) is 0 Å². The Bertz CT molecular complexity index is 3910. The highest BCUT2D eigenvalue weighted by Gasteiger charge is 2.40. The third kappa shape index (κ3) is 9.12. The third-order valence-electron chi connectivity index (χ3n) is 14.7. The lowest BCUT2D eigenvalue weighted by Gasteiger charge is -2.19. The van der Waals surface area contributed by atoms with Gasteiger partial charge < -0.3 is 28.5 Å². The number of benzene rings is 4. The number of ketones is 8. The summed E-state index contributed by atoms with van der Waals surface area (Å²) < 4.78 is 10.9. The molecule has 1 saturated heterocycles. The molecule has 1 atom stereocenters. The highest BCUT2D eigenvalue weighted by Crippen LogP contribution is 2.39. The molecule has 0 radical (unpaired) electrons. The van der Waals surface area contributed by atoms with Crippen molar-refractivity contribution in [3.05, 3.63) is 165 Å². The van der Waals surface area contributed by atoms with Crippen LogP contribution in [0.4, 0.5) is 0 Å². The Balaban J connectivity index is 0.000000120. The average Bonchev–Trinajstić information content (AvgIpc) is 4.52. The molecular formula is C62H58N8O10. The quantitative estimate of drug-likeness (QED) is 0.141. The van der Waals surface area contributed by atoms with Crippen LogP contribution in [0.1, 0.15) is 192 Å². The fourth-order valence-electron chi connectivity index (χ4n) is 10.9. The van der Waals surface area contributed by atoms with Crippen LogP contribution in [0.3, 0.4) is 0 Å². The Kier molecular flexibility index (Phi) is 14.7. The molecule has 5 heterocycles. The summed E-state index contributed by atoms with van der Waals surface area (Å²) in [6.45, 7) is 14.9. The van der Waals surface area contributed by atoms with E-state index in [1.807, 2.05) is 95.5 Å². The summed E-state index contributed by atoms with van der Waals surface area (Å²) in [7, 11) is 1.78. The molecule has 0 saturated carbocycles. The van der Waals surface area contributed by atoms with Crippen LogP contribution in [0.15, 0.2) is 97.1 Å². The summed E-state index contributed by atoms with van der Waals surface area (Å²) in [4.78, 5) is 119. The highest BCUT2D eigenvalue weighted by molar-refractivity contribution is 6.54. The van der Waals surface area contributed by atoms with Crippen molar-refractivity contribution in [2.24, 2.45) is 7.05 Å². The third-order valence-corrected chi connectivity index (χ3v) is 14.7. The minimum atomic E-state index is -0.545. The number of nitrogens with one attached hydrogen (secondary N) is 1. The van der Waals surface area contributed by atoms with Crippen LogP contribution < -0.4 is 0 Å². The lowest BCUT2D eigenvalue weighted by atomic mass is 9.90. The van der Waals surface area contributed by atoms with Gasteiger partial charge in [0.1, 0.15) is 75.0 Å². The molecule has 0 spiro atoms. The monoisotopic (exact) mass is 1070 g/mol. The van der Waals surface area contributed by atoms with E-state index in [9.17, 15) is 43.5 Å². The van der Waals surface area contributed by atoms with E-state index < -0.39 is 46.3 Å². The molecule has 0 bridgehead atoms. The van der Waals surface area contributed by atoms with Crippen molar-refractivity contribution in [1.29, 1.82) is 0 Å². The lowest BCUT2D eigenvalue weighted by molar-refractivity contribution is 0.0808. The van der Waals surface area contributed by atoms with E-state index in [1.165, 1.54) is 0 Å². The Morgan fingerprint density at radius 3 is 1.41 bits per heavy atom. The number of ether oxygens (including phenoxy) is 1. The van der Waals surface area contributed by atoms with E-state index in [1.54, 1.807) is 70.8 Å². The van der Waals surface area contributed by atoms with Crippen LogP contribution in [-0.4, -0.2) is 103 Å². The van der Waals surface area contributed by atoms with Gasteiger partial charge in [-0.1, -0.05) is 132 Å². The van der Waals surface area contributed by atoms with Crippen LogP contribution >= 0.6 is 0 Å². The maximum atomic E-state index is 12.5. The van der Waals surface area contributed by atoms with Gasteiger partial charge in [0.25, 0.3) is 23.1 Å². The van der Waals surface area contributed by atoms with Gasteiger partial charge in [0.2, 0.25) is 23.1 Å². The molecule has 2 N–H and O–H groups in total. The number of carbonyl (C=O) groups excluding carboxylic acids is 8. The molecule has 13 rings (SSSR count). The smallest absolute Gasteiger partial charge is 0.252 e. The zero-order valence-corrected chi connectivity index (χ0v) is 45.5. The fourth-order valence-corrected chi connectivity index (χ4v) is 10.9. The van der Waals surface area contributed by atoms with E-state index in [2.05, 4.69) is 24.9 Å². The number of carbonyl (C=O) groups is 8. The van der Waals surface area contributed by atoms with Crippen molar-refractivity contribution < 1.29 is 48.2 Å². The molecule has 4 aromatic heterocycles. The van der Waals surface area contributed by atoms with Crippen molar-refractivity contribution in [3.8, 4) is 45.0 Å². The molecule has 1 unspecified atom stereocenters. The van der Waals surface area contributed by atoms with Crippen LogP contribution in [-0.2, 0) is 24.8 Å². The van der Waals surface area contributed by atoms with E-state index in [-0.39, 0.29) is 37.1 Å². The van der Waals surface area contributed by atoms with Crippen molar-refractivity contribution >= 4 is 46.3 Å².